The molecule has 1 heterocycles. The second-order valence-corrected chi connectivity index (χ2v) is 8.41. The lowest BCUT2D eigenvalue weighted by molar-refractivity contribution is 0.533. The molecule has 28 heavy (non-hydrogen) atoms. The molecule has 4 nitrogen and oxygen atoms in total. The molecule has 2 aliphatic carbocycles. The van der Waals surface area contributed by atoms with Crippen LogP contribution in [0.5, 0.6) is 0 Å². The van der Waals surface area contributed by atoms with Gasteiger partial charge in [-0.3, -0.25) is 0 Å². The summed E-state index contributed by atoms with van der Waals surface area (Å²) in [6.07, 6.45) is 6.77. The molecular formula is C24H26N4. The van der Waals surface area contributed by atoms with Gasteiger partial charge in [-0.2, -0.15) is 0 Å². The molecule has 2 aromatic carbocycles. The molecule has 0 amide bonds. The number of hydrogen-bond acceptors (Lipinski definition) is 4. The third kappa shape index (κ3) is 3.11. The van der Waals surface area contributed by atoms with Crippen LogP contribution in [0.4, 0.5) is 0 Å². The van der Waals surface area contributed by atoms with Crippen LogP contribution in [0, 0.1) is 13.8 Å². The fraction of sp³-hybridized carbons (Fsp3) is 0.417. The van der Waals surface area contributed by atoms with Gasteiger partial charge in [0.25, 0.3) is 0 Å². The number of hydrogen-bond donors (Lipinski definition) is 0. The number of nitrogens with zero attached hydrogens (tertiary/aromatic N) is 4. The molecule has 1 aromatic heterocycles. The van der Waals surface area contributed by atoms with Gasteiger partial charge in [0.2, 0.25) is 0 Å². The van der Waals surface area contributed by atoms with Gasteiger partial charge >= 0.3 is 0 Å². The number of fused-ring (bicyclic) bond motifs is 2. The maximum Gasteiger partial charge on any atom is 0.180 e. The van der Waals surface area contributed by atoms with Gasteiger partial charge in [-0.05, 0) is 74.6 Å². The van der Waals surface area contributed by atoms with E-state index in [-0.39, 0.29) is 11.8 Å². The van der Waals surface area contributed by atoms with Crippen molar-refractivity contribution in [1.82, 2.24) is 20.4 Å². The summed E-state index contributed by atoms with van der Waals surface area (Å²) < 4.78 is 0. The van der Waals surface area contributed by atoms with Gasteiger partial charge in [0.15, 0.2) is 11.6 Å². The van der Waals surface area contributed by atoms with Crippen molar-refractivity contribution in [3.8, 4) is 0 Å². The molecule has 0 spiro atoms. The molecule has 2 atom stereocenters. The van der Waals surface area contributed by atoms with Crippen molar-refractivity contribution >= 4 is 0 Å². The molecule has 0 radical (unpaired) electrons. The Balaban J connectivity index is 1.45. The molecule has 5 rings (SSSR count). The van der Waals surface area contributed by atoms with Crippen LogP contribution in [0.3, 0.4) is 0 Å². The Morgan fingerprint density at radius 3 is 1.50 bits per heavy atom. The third-order valence-corrected chi connectivity index (χ3v) is 6.36. The first-order valence-corrected chi connectivity index (χ1v) is 10.4. The van der Waals surface area contributed by atoms with Crippen LogP contribution in [0.2, 0.25) is 0 Å². The second-order valence-electron chi connectivity index (χ2n) is 8.41. The Bertz CT molecular complexity index is 927. The molecule has 2 unspecified atom stereocenters. The highest BCUT2D eigenvalue weighted by Crippen LogP contribution is 2.37. The predicted molar refractivity (Wildman–Crippen MR) is 110 cm³/mol. The normalized spacial score (nSPS) is 21.1. The maximum absolute atomic E-state index is 4.57. The van der Waals surface area contributed by atoms with E-state index in [9.17, 15) is 0 Å². The Morgan fingerprint density at radius 1 is 0.643 bits per heavy atom. The van der Waals surface area contributed by atoms with Crippen molar-refractivity contribution in [2.75, 3.05) is 0 Å². The quantitative estimate of drug-likeness (QED) is 0.649. The minimum absolute atomic E-state index is 0.222. The molecule has 4 heteroatoms. The number of benzene rings is 2. The van der Waals surface area contributed by atoms with E-state index in [0.29, 0.717) is 0 Å². The highest BCUT2D eigenvalue weighted by atomic mass is 15.3. The summed E-state index contributed by atoms with van der Waals surface area (Å²) in [5.74, 6) is 1.99. The van der Waals surface area contributed by atoms with Gasteiger partial charge < -0.3 is 0 Å². The molecule has 0 saturated heterocycles. The maximum atomic E-state index is 4.57. The number of aryl methyl sites for hydroxylation is 4. The number of rotatable bonds is 2. The van der Waals surface area contributed by atoms with Crippen LogP contribution in [0.25, 0.3) is 0 Å². The molecule has 0 fully saturated rings. The molecule has 3 aromatic rings. The summed E-state index contributed by atoms with van der Waals surface area (Å²) in [7, 11) is 0. The van der Waals surface area contributed by atoms with Gasteiger partial charge in [0.05, 0.1) is 0 Å². The van der Waals surface area contributed by atoms with Crippen LogP contribution in [0.1, 0.15) is 82.5 Å². The molecule has 0 aliphatic heterocycles. The van der Waals surface area contributed by atoms with E-state index >= 15 is 0 Å². The summed E-state index contributed by atoms with van der Waals surface area (Å²) in [6, 6.07) is 13.5. The van der Waals surface area contributed by atoms with E-state index in [1.165, 1.54) is 46.2 Å². The van der Waals surface area contributed by atoms with E-state index in [4.69, 9.17) is 0 Å². The summed E-state index contributed by atoms with van der Waals surface area (Å²) in [6.45, 7) is 4.31. The van der Waals surface area contributed by atoms with Crippen molar-refractivity contribution in [2.24, 2.45) is 0 Å². The Kier molecular flexibility index (Phi) is 4.42. The predicted octanol–water partition coefficient (Wildman–Crippen LogP) is 4.82. The lowest BCUT2D eigenvalue weighted by Gasteiger charge is -2.25. The average Bonchev–Trinajstić information content (AvgIpc) is 2.72. The minimum Gasteiger partial charge on any atom is -0.131 e. The fourth-order valence-corrected chi connectivity index (χ4v) is 4.95. The van der Waals surface area contributed by atoms with Crippen molar-refractivity contribution in [3.05, 3.63) is 81.4 Å². The smallest absolute Gasteiger partial charge is 0.131 e. The van der Waals surface area contributed by atoms with Gasteiger partial charge in [0.1, 0.15) is 0 Å². The summed E-state index contributed by atoms with van der Waals surface area (Å²) in [5.41, 5.74) is 8.20. The van der Waals surface area contributed by atoms with Crippen molar-refractivity contribution in [1.29, 1.82) is 0 Å². The van der Waals surface area contributed by atoms with Crippen LogP contribution < -0.4 is 0 Å². The highest BCUT2D eigenvalue weighted by Gasteiger charge is 2.28. The topological polar surface area (TPSA) is 51.6 Å². The van der Waals surface area contributed by atoms with Gasteiger partial charge in [-0.25, -0.2) is 0 Å². The van der Waals surface area contributed by atoms with Crippen LogP contribution in [-0.4, -0.2) is 20.4 Å². The molecule has 0 bridgehead atoms. The van der Waals surface area contributed by atoms with Crippen molar-refractivity contribution in [2.45, 2.75) is 64.2 Å². The van der Waals surface area contributed by atoms with Crippen LogP contribution in [-0.2, 0) is 12.8 Å². The molecule has 2 aliphatic rings. The zero-order valence-electron chi connectivity index (χ0n) is 16.7. The third-order valence-electron chi connectivity index (χ3n) is 6.36. The first kappa shape index (κ1) is 17.5. The van der Waals surface area contributed by atoms with Crippen LogP contribution in [0.15, 0.2) is 36.4 Å². The largest absolute Gasteiger partial charge is 0.180 e. The molecule has 0 saturated carbocycles. The van der Waals surface area contributed by atoms with Crippen molar-refractivity contribution < 1.29 is 0 Å². The van der Waals surface area contributed by atoms with Gasteiger partial charge in [0, 0.05) is 11.8 Å². The van der Waals surface area contributed by atoms with Crippen LogP contribution >= 0.6 is 0 Å². The Morgan fingerprint density at radius 2 is 1.07 bits per heavy atom. The van der Waals surface area contributed by atoms with E-state index < -0.39 is 0 Å². The second kappa shape index (κ2) is 7.08. The van der Waals surface area contributed by atoms with Gasteiger partial charge in [-0.15, -0.1) is 20.4 Å². The van der Waals surface area contributed by atoms with E-state index in [2.05, 4.69) is 70.6 Å². The van der Waals surface area contributed by atoms with E-state index in [0.717, 1.165) is 37.3 Å². The highest BCUT2D eigenvalue weighted by molar-refractivity contribution is 5.40. The van der Waals surface area contributed by atoms with E-state index in [1.54, 1.807) is 0 Å². The Labute approximate surface area is 166 Å². The summed E-state index contributed by atoms with van der Waals surface area (Å²) in [5, 5.41) is 18.3. The number of aromatic nitrogens is 4. The standard InChI is InChI=1S/C24H26N4/c1-15-9-11-19-17(13-15)5-3-7-21(19)23-25-27-24(28-26-23)22-8-4-6-18-14-16(2)10-12-20(18)22/h9-14,21-22H,3-8H2,1-2H3. The summed E-state index contributed by atoms with van der Waals surface area (Å²) in [4.78, 5) is 0. The zero-order valence-corrected chi connectivity index (χ0v) is 16.7. The first-order valence-electron chi connectivity index (χ1n) is 10.4. The average molecular weight is 371 g/mol. The first-order chi connectivity index (χ1) is 13.7. The lowest BCUT2D eigenvalue weighted by Crippen LogP contribution is -2.19. The fourth-order valence-electron chi connectivity index (χ4n) is 4.95. The van der Waals surface area contributed by atoms with Crippen molar-refractivity contribution in [3.63, 3.8) is 0 Å². The molecule has 0 N–H and O–H groups in total. The SMILES string of the molecule is Cc1ccc2c(c1)CCCC2c1nnc(C2CCCc3cc(C)ccc32)nn1. The zero-order chi connectivity index (χ0) is 19.1. The summed E-state index contributed by atoms with van der Waals surface area (Å²) >= 11 is 0. The molecular weight excluding hydrogens is 344 g/mol. The monoisotopic (exact) mass is 370 g/mol. The molecule has 142 valence electrons. The van der Waals surface area contributed by atoms with E-state index in [1.807, 2.05) is 0 Å². The van der Waals surface area contributed by atoms with Gasteiger partial charge in [-0.1, -0.05) is 47.5 Å². The Hall–Kier alpha value is -2.62. The lowest BCUT2D eigenvalue weighted by atomic mass is 9.81. The minimum atomic E-state index is 0.222.